The first-order valence-electron chi connectivity index (χ1n) is 21.8. The summed E-state index contributed by atoms with van der Waals surface area (Å²) in [5, 5.41) is 10.5. The van der Waals surface area contributed by atoms with Gasteiger partial charge in [0.25, 0.3) is 0 Å². The molecule has 0 bridgehead atoms. The molecule has 0 aliphatic heterocycles. The fourth-order valence-corrected chi connectivity index (χ4v) is 15.5. The minimum atomic E-state index is -2.91. The smallest absolute Gasteiger partial charge is 0.180 e. The van der Waals surface area contributed by atoms with E-state index >= 15 is 0 Å². The summed E-state index contributed by atoms with van der Waals surface area (Å²) in [6.45, 7) is 0. The highest BCUT2D eigenvalue weighted by Gasteiger charge is 2.43. The van der Waals surface area contributed by atoms with Crippen molar-refractivity contribution in [2.75, 3.05) is 0 Å². The molecule has 0 aliphatic rings. The SMILES string of the molecule is c1ccc(-c2ccc(-n3c4cccc(-c5ccccc5)c4c4cccc(-n5c6ccccc6c6c([Si](c7ccccc7)(c7ccccc7)c7ccccc7)cccc65)c43)cc2)cc1. The highest BCUT2D eigenvalue weighted by molar-refractivity contribution is 7.20. The Morgan fingerprint density at radius 1 is 0.286 bits per heavy atom. The van der Waals surface area contributed by atoms with Crippen molar-refractivity contribution < 1.29 is 0 Å². The first-order valence-corrected chi connectivity index (χ1v) is 23.8. The molecular formula is C60H42N2Si. The molecule has 0 fully saturated rings. The van der Waals surface area contributed by atoms with Crippen LogP contribution in [-0.2, 0) is 0 Å². The van der Waals surface area contributed by atoms with E-state index in [2.05, 4.69) is 264 Å². The maximum Gasteiger partial charge on any atom is 0.180 e. The molecule has 0 radical (unpaired) electrons. The molecule has 12 aromatic rings. The maximum absolute atomic E-state index is 2.91. The zero-order chi connectivity index (χ0) is 41.7. The van der Waals surface area contributed by atoms with Gasteiger partial charge in [0.2, 0.25) is 0 Å². The Morgan fingerprint density at radius 2 is 0.746 bits per heavy atom. The van der Waals surface area contributed by atoms with E-state index in [9.17, 15) is 0 Å². The number of hydrogen-bond donors (Lipinski definition) is 0. The molecule has 2 heterocycles. The number of rotatable bonds is 8. The molecule has 0 atom stereocenters. The van der Waals surface area contributed by atoms with Gasteiger partial charge in [0.15, 0.2) is 8.07 Å². The molecule has 0 saturated heterocycles. The topological polar surface area (TPSA) is 9.86 Å². The molecule has 0 amide bonds. The molecule has 0 N–H and O–H groups in total. The van der Waals surface area contributed by atoms with Crippen molar-refractivity contribution in [1.82, 2.24) is 9.13 Å². The van der Waals surface area contributed by atoms with Crippen LogP contribution in [0.1, 0.15) is 0 Å². The third kappa shape index (κ3) is 5.78. The first-order chi connectivity index (χ1) is 31.3. The van der Waals surface area contributed by atoms with Gasteiger partial charge in [-0.05, 0) is 79.4 Å². The lowest BCUT2D eigenvalue weighted by Crippen LogP contribution is -2.74. The minimum Gasteiger partial charge on any atom is -0.307 e. The standard InChI is InChI=1S/C60H42N2Si/c1-6-21-43(22-7-1)44-39-41-46(42-40-44)61-54-35-18-32-50(45-23-8-2-9-24-45)58(54)52-33-19-37-56(60(52)61)62-53-34-17-16-31-51(53)59-55(62)36-20-38-57(59)63(47-25-10-3-11-26-47,48-27-12-4-13-28-48)49-29-14-5-15-30-49/h1-42H. The third-order valence-electron chi connectivity index (χ3n) is 13.1. The van der Waals surface area contributed by atoms with Crippen molar-refractivity contribution >= 4 is 72.4 Å². The van der Waals surface area contributed by atoms with Crippen molar-refractivity contribution in [1.29, 1.82) is 0 Å². The normalized spacial score (nSPS) is 11.8. The van der Waals surface area contributed by atoms with Crippen molar-refractivity contribution in [3.8, 4) is 33.6 Å². The lowest BCUT2D eigenvalue weighted by molar-refractivity contribution is 1.13. The van der Waals surface area contributed by atoms with E-state index in [1.54, 1.807) is 0 Å². The first kappa shape index (κ1) is 36.8. The summed E-state index contributed by atoms with van der Waals surface area (Å²) < 4.78 is 5.05. The summed E-state index contributed by atoms with van der Waals surface area (Å²) >= 11 is 0. The van der Waals surface area contributed by atoms with E-state index < -0.39 is 8.07 Å². The van der Waals surface area contributed by atoms with Gasteiger partial charge in [0.05, 0.1) is 27.8 Å². The predicted octanol–water partition coefficient (Wildman–Crippen LogP) is 12.6. The summed E-state index contributed by atoms with van der Waals surface area (Å²) in [6, 6.07) is 94.2. The van der Waals surface area contributed by atoms with Crippen LogP contribution in [0, 0.1) is 0 Å². The average Bonchev–Trinajstić information content (AvgIpc) is 3.90. The van der Waals surface area contributed by atoms with Gasteiger partial charge >= 0.3 is 0 Å². The quantitative estimate of drug-likeness (QED) is 0.107. The summed E-state index contributed by atoms with van der Waals surface area (Å²) in [6.07, 6.45) is 0. The molecule has 0 saturated carbocycles. The predicted molar refractivity (Wildman–Crippen MR) is 270 cm³/mol. The Labute approximate surface area is 368 Å². The van der Waals surface area contributed by atoms with Gasteiger partial charge in [0, 0.05) is 27.2 Å². The van der Waals surface area contributed by atoms with Crippen molar-refractivity contribution in [2.45, 2.75) is 0 Å². The average molecular weight is 819 g/mol. The van der Waals surface area contributed by atoms with Crippen LogP contribution in [0.25, 0.3) is 77.2 Å². The maximum atomic E-state index is 2.55. The van der Waals surface area contributed by atoms with Crippen LogP contribution in [0.5, 0.6) is 0 Å². The number of fused-ring (bicyclic) bond motifs is 6. The highest BCUT2D eigenvalue weighted by Crippen LogP contribution is 2.43. The van der Waals surface area contributed by atoms with E-state index in [0.717, 1.165) is 11.4 Å². The number of hydrogen-bond acceptors (Lipinski definition) is 0. The molecule has 0 unspecified atom stereocenters. The monoisotopic (exact) mass is 818 g/mol. The molecule has 3 heteroatoms. The van der Waals surface area contributed by atoms with Crippen LogP contribution in [0.2, 0.25) is 0 Å². The van der Waals surface area contributed by atoms with E-state index in [4.69, 9.17) is 0 Å². The Kier molecular flexibility index (Phi) is 8.87. The van der Waals surface area contributed by atoms with Crippen LogP contribution < -0.4 is 20.7 Å². The van der Waals surface area contributed by atoms with Crippen molar-refractivity contribution in [3.63, 3.8) is 0 Å². The van der Waals surface area contributed by atoms with Crippen molar-refractivity contribution in [3.05, 3.63) is 255 Å². The molecule has 0 spiro atoms. The highest BCUT2D eigenvalue weighted by atomic mass is 28.3. The molecule has 296 valence electrons. The number of para-hydroxylation sites is 2. The molecular weight excluding hydrogens is 777 g/mol. The number of benzene rings is 10. The Hall–Kier alpha value is -7.98. The van der Waals surface area contributed by atoms with Gasteiger partial charge in [-0.2, -0.15) is 0 Å². The Balaban J connectivity index is 1.21. The molecule has 0 aliphatic carbocycles. The van der Waals surface area contributed by atoms with Crippen LogP contribution in [0.4, 0.5) is 0 Å². The van der Waals surface area contributed by atoms with Crippen LogP contribution in [-0.4, -0.2) is 17.2 Å². The summed E-state index contributed by atoms with van der Waals surface area (Å²) in [4.78, 5) is 0. The van der Waals surface area contributed by atoms with Gasteiger partial charge in [0.1, 0.15) is 0 Å². The molecule has 2 aromatic heterocycles. The van der Waals surface area contributed by atoms with Gasteiger partial charge < -0.3 is 9.13 Å². The largest absolute Gasteiger partial charge is 0.307 e. The second kappa shape index (κ2) is 15.2. The number of nitrogens with zero attached hydrogens (tertiary/aromatic N) is 2. The van der Waals surface area contributed by atoms with E-state index in [1.165, 1.54) is 86.6 Å². The lowest BCUT2D eigenvalue weighted by Gasteiger charge is -2.35. The molecule has 10 aromatic carbocycles. The fourth-order valence-electron chi connectivity index (χ4n) is 10.5. The molecule has 2 nitrogen and oxygen atoms in total. The van der Waals surface area contributed by atoms with Gasteiger partial charge in [-0.1, -0.05) is 218 Å². The van der Waals surface area contributed by atoms with Crippen LogP contribution >= 0.6 is 0 Å². The summed E-state index contributed by atoms with van der Waals surface area (Å²) in [5.41, 5.74) is 11.8. The van der Waals surface area contributed by atoms with Crippen molar-refractivity contribution in [2.24, 2.45) is 0 Å². The second-order valence-electron chi connectivity index (χ2n) is 16.4. The fraction of sp³-hybridized carbons (Fsp3) is 0. The number of aromatic nitrogens is 2. The Morgan fingerprint density at radius 3 is 1.37 bits per heavy atom. The van der Waals surface area contributed by atoms with E-state index in [-0.39, 0.29) is 0 Å². The van der Waals surface area contributed by atoms with Gasteiger partial charge in [-0.15, -0.1) is 0 Å². The van der Waals surface area contributed by atoms with Gasteiger partial charge in [-0.25, -0.2) is 0 Å². The van der Waals surface area contributed by atoms with E-state index in [1.807, 2.05) is 0 Å². The summed E-state index contributed by atoms with van der Waals surface area (Å²) in [5.74, 6) is 0. The zero-order valence-electron chi connectivity index (χ0n) is 34.6. The van der Waals surface area contributed by atoms with E-state index in [0.29, 0.717) is 0 Å². The van der Waals surface area contributed by atoms with Crippen LogP contribution in [0.15, 0.2) is 255 Å². The van der Waals surface area contributed by atoms with Crippen LogP contribution in [0.3, 0.4) is 0 Å². The van der Waals surface area contributed by atoms with Gasteiger partial charge in [-0.3, -0.25) is 0 Å². The third-order valence-corrected chi connectivity index (χ3v) is 17.9. The second-order valence-corrected chi connectivity index (χ2v) is 20.2. The Bertz CT molecular complexity index is 3480. The minimum absolute atomic E-state index is 1.12. The lowest BCUT2D eigenvalue weighted by atomic mass is 9.99. The molecule has 12 rings (SSSR count). The molecule has 63 heavy (non-hydrogen) atoms. The summed E-state index contributed by atoms with van der Waals surface area (Å²) in [7, 11) is -2.91. The zero-order valence-corrected chi connectivity index (χ0v) is 35.6.